The number of aromatic nitrogens is 2. The third-order valence-corrected chi connectivity index (χ3v) is 4.69. The zero-order chi connectivity index (χ0) is 15.8. The van der Waals surface area contributed by atoms with Gasteiger partial charge in [-0.2, -0.15) is 0 Å². The lowest BCUT2D eigenvalue weighted by atomic mass is 9.92. The van der Waals surface area contributed by atoms with Crippen molar-refractivity contribution >= 4 is 0 Å². The van der Waals surface area contributed by atoms with Gasteiger partial charge >= 0.3 is 0 Å². The number of imidazole rings is 1. The molecule has 0 saturated heterocycles. The van der Waals surface area contributed by atoms with Crippen LogP contribution in [0, 0.1) is 5.82 Å². The quantitative estimate of drug-likeness (QED) is 0.765. The lowest BCUT2D eigenvalue weighted by Gasteiger charge is -2.12. The van der Waals surface area contributed by atoms with Gasteiger partial charge in [-0.3, -0.25) is 0 Å². The van der Waals surface area contributed by atoms with Crippen LogP contribution in [0.4, 0.5) is 4.39 Å². The van der Waals surface area contributed by atoms with Gasteiger partial charge in [-0.05, 0) is 59.7 Å². The van der Waals surface area contributed by atoms with Crippen LogP contribution in [0.3, 0.4) is 0 Å². The minimum absolute atomic E-state index is 0.217. The Kier molecular flexibility index (Phi) is 3.37. The van der Waals surface area contributed by atoms with Crippen LogP contribution in [0.2, 0.25) is 0 Å². The van der Waals surface area contributed by atoms with E-state index in [-0.39, 0.29) is 17.5 Å². The maximum absolute atomic E-state index is 13.2. The van der Waals surface area contributed by atoms with E-state index in [1.807, 2.05) is 30.5 Å². The fourth-order valence-corrected chi connectivity index (χ4v) is 3.63. The second-order valence-electron chi connectivity index (χ2n) is 6.11. The van der Waals surface area contributed by atoms with Gasteiger partial charge < -0.3 is 10.1 Å². The number of hydrogen-bond donors (Lipinski definition) is 2. The number of fused-ring (bicyclic) bond motifs is 1. The Bertz CT molecular complexity index is 812. The molecule has 0 radical (unpaired) electrons. The first-order valence-electron chi connectivity index (χ1n) is 7.76. The number of phenolic OH excluding ortho intramolecular Hbond substituents is 1. The Labute approximate surface area is 133 Å². The first-order valence-corrected chi connectivity index (χ1v) is 7.76. The fourth-order valence-electron chi connectivity index (χ4n) is 3.63. The lowest BCUT2D eigenvalue weighted by molar-refractivity contribution is 0.474. The van der Waals surface area contributed by atoms with E-state index in [4.69, 9.17) is 0 Å². The van der Waals surface area contributed by atoms with Crippen LogP contribution in [-0.4, -0.2) is 15.1 Å². The van der Waals surface area contributed by atoms with Crippen molar-refractivity contribution in [1.29, 1.82) is 0 Å². The maximum Gasteiger partial charge on any atom is 0.123 e. The molecule has 0 aliphatic heterocycles. The average Bonchev–Trinajstić information content (AvgIpc) is 3.17. The number of H-pyrrole nitrogens is 1. The van der Waals surface area contributed by atoms with Gasteiger partial charge in [0.25, 0.3) is 0 Å². The summed E-state index contributed by atoms with van der Waals surface area (Å²) in [5.41, 5.74) is 4.52. The van der Waals surface area contributed by atoms with Gasteiger partial charge in [0.15, 0.2) is 0 Å². The number of rotatable bonds is 3. The topological polar surface area (TPSA) is 48.9 Å². The van der Waals surface area contributed by atoms with Crippen LogP contribution in [0.15, 0.2) is 55.0 Å². The van der Waals surface area contributed by atoms with E-state index in [0.717, 1.165) is 24.1 Å². The highest BCUT2D eigenvalue weighted by Crippen LogP contribution is 2.47. The Morgan fingerprint density at radius 3 is 2.70 bits per heavy atom. The smallest absolute Gasteiger partial charge is 0.123 e. The number of nitrogens with zero attached hydrogens (tertiary/aromatic N) is 1. The van der Waals surface area contributed by atoms with Crippen LogP contribution in [0.25, 0.3) is 0 Å². The van der Waals surface area contributed by atoms with Crippen LogP contribution in [-0.2, 0) is 6.42 Å². The van der Waals surface area contributed by atoms with E-state index < -0.39 is 0 Å². The predicted octanol–water partition coefficient (Wildman–Crippen LogP) is 4.12. The van der Waals surface area contributed by atoms with Crippen molar-refractivity contribution in [2.75, 3.05) is 0 Å². The number of halogens is 1. The van der Waals surface area contributed by atoms with Gasteiger partial charge in [-0.15, -0.1) is 0 Å². The van der Waals surface area contributed by atoms with Gasteiger partial charge in [-0.1, -0.05) is 18.2 Å². The van der Waals surface area contributed by atoms with Crippen LogP contribution in [0.1, 0.15) is 40.6 Å². The zero-order valence-corrected chi connectivity index (χ0v) is 12.5. The molecule has 1 aliphatic carbocycles. The van der Waals surface area contributed by atoms with Crippen molar-refractivity contribution < 1.29 is 9.50 Å². The van der Waals surface area contributed by atoms with Crippen molar-refractivity contribution in [3.63, 3.8) is 0 Å². The van der Waals surface area contributed by atoms with Crippen LogP contribution < -0.4 is 0 Å². The first kappa shape index (κ1) is 14.0. The summed E-state index contributed by atoms with van der Waals surface area (Å²) in [6.07, 6.45) is 5.37. The second-order valence-corrected chi connectivity index (χ2v) is 6.11. The predicted molar refractivity (Wildman–Crippen MR) is 86.0 cm³/mol. The molecule has 1 aliphatic rings. The van der Waals surface area contributed by atoms with Crippen LogP contribution >= 0.6 is 0 Å². The maximum atomic E-state index is 13.2. The molecule has 3 nitrogen and oxygen atoms in total. The standard InChI is InChI=1S/C19H17FN2O/c20-14-3-1-12(2-4-14)18-8-13(7-15-10-21-11-22-15)19-9-16(23)5-6-17(18)19/h1-6,9-11,13,18,23H,7-8H2,(H,21,22). The molecule has 2 atom stereocenters. The van der Waals surface area contributed by atoms with E-state index in [9.17, 15) is 9.50 Å². The van der Waals surface area contributed by atoms with Gasteiger partial charge in [0.1, 0.15) is 11.6 Å². The summed E-state index contributed by atoms with van der Waals surface area (Å²) in [5, 5.41) is 9.86. The molecule has 4 rings (SSSR count). The number of phenols is 1. The second kappa shape index (κ2) is 5.54. The number of hydrogen-bond acceptors (Lipinski definition) is 2. The van der Waals surface area contributed by atoms with Gasteiger partial charge in [0, 0.05) is 12.1 Å². The summed E-state index contributed by atoms with van der Waals surface area (Å²) in [4.78, 5) is 7.30. The summed E-state index contributed by atoms with van der Waals surface area (Å²) in [6, 6.07) is 12.3. The summed E-state index contributed by atoms with van der Waals surface area (Å²) in [5.74, 6) is 0.604. The molecule has 3 aromatic rings. The van der Waals surface area contributed by atoms with Gasteiger partial charge in [0.2, 0.25) is 0 Å². The molecule has 2 N–H and O–H groups in total. The van der Waals surface area contributed by atoms with Crippen LogP contribution in [0.5, 0.6) is 5.75 Å². The normalized spacial score (nSPS) is 19.7. The molecule has 2 aromatic carbocycles. The van der Waals surface area contributed by atoms with Gasteiger partial charge in [0.05, 0.1) is 12.0 Å². The summed E-state index contributed by atoms with van der Waals surface area (Å²) < 4.78 is 13.2. The van der Waals surface area contributed by atoms with E-state index in [2.05, 4.69) is 9.97 Å². The first-order chi connectivity index (χ1) is 11.2. The van der Waals surface area contributed by atoms with Crippen molar-refractivity contribution in [3.8, 4) is 5.75 Å². The zero-order valence-electron chi connectivity index (χ0n) is 12.5. The minimum atomic E-state index is -0.217. The third-order valence-electron chi connectivity index (χ3n) is 4.69. The fraction of sp³-hybridized carbons (Fsp3) is 0.211. The Hall–Kier alpha value is -2.62. The molecule has 116 valence electrons. The molecule has 0 spiro atoms. The monoisotopic (exact) mass is 308 g/mol. The molecule has 0 amide bonds. The Morgan fingerprint density at radius 1 is 1.13 bits per heavy atom. The number of benzene rings is 2. The highest BCUT2D eigenvalue weighted by atomic mass is 19.1. The highest BCUT2D eigenvalue weighted by molar-refractivity contribution is 5.48. The molecule has 4 heteroatoms. The molecule has 0 bridgehead atoms. The molecule has 2 unspecified atom stereocenters. The Balaban J connectivity index is 1.72. The van der Waals surface area contributed by atoms with Gasteiger partial charge in [-0.25, -0.2) is 9.37 Å². The van der Waals surface area contributed by atoms with Crippen molar-refractivity contribution in [2.24, 2.45) is 0 Å². The summed E-state index contributed by atoms with van der Waals surface area (Å²) in [7, 11) is 0. The molecular formula is C19H17FN2O. The molecule has 23 heavy (non-hydrogen) atoms. The molecule has 0 fully saturated rings. The SMILES string of the molecule is Oc1ccc2c(c1)C(Cc1c[nH]cn1)CC2c1ccc(F)cc1. The molecular weight excluding hydrogens is 291 g/mol. The van der Waals surface area contributed by atoms with E-state index in [1.54, 1.807) is 12.4 Å². The molecule has 1 heterocycles. The lowest BCUT2D eigenvalue weighted by Crippen LogP contribution is -2.00. The van der Waals surface area contributed by atoms with E-state index in [1.165, 1.54) is 23.3 Å². The molecule has 0 saturated carbocycles. The highest BCUT2D eigenvalue weighted by Gasteiger charge is 2.32. The number of aromatic amines is 1. The number of aromatic hydroxyl groups is 1. The van der Waals surface area contributed by atoms with Crippen molar-refractivity contribution in [3.05, 3.63) is 83.2 Å². The summed E-state index contributed by atoms with van der Waals surface area (Å²) >= 11 is 0. The summed E-state index contributed by atoms with van der Waals surface area (Å²) in [6.45, 7) is 0. The molecule has 1 aromatic heterocycles. The number of nitrogens with one attached hydrogen (secondary N) is 1. The average molecular weight is 308 g/mol. The van der Waals surface area contributed by atoms with E-state index >= 15 is 0 Å². The minimum Gasteiger partial charge on any atom is -0.508 e. The van der Waals surface area contributed by atoms with Crippen molar-refractivity contribution in [1.82, 2.24) is 9.97 Å². The van der Waals surface area contributed by atoms with E-state index in [0.29, 0.717) is 5.92 Å². The third kappa shape index (κ3) is 2.61. The Morgan fingerprint density at radius 2 is 1.96 bits per heavy atom. The van der Waals surface area contributed by atoms with Crippen molar-refractivity contribution in [2.45, 2.75) is 24.7 Å². The largest absolute Gasteiger partial charge is 0.508 e.